The number of hydrogen-bond acceptors (Lipinski definition) is 4. The van der Waals surface area contributed by atoms with Crippen LogP contribution in [0.1, 0.15) is 31.4 Å². The van der Waals surface area contributed by atoms with Gasteiger partial charge >= 0.3 is 0 Å². The number of methoxy groups -OCH3 is 2. The zero-order valence-corrected chi connectivity index (χ0v) is 13.0. The highest BCUT2D eigenvalue weighted by Crippen LogP contribution is 2.40. The van der Waals surface area contributed by atoms with Gasteiger partial charge in [-0.25, -0.2) is 0 Å². The van der Waals surface area contributed by atoms with Crippen LogP contribution in [0.4, 0.5) is 0 Å². The third-order valence-corrected chi connectivity index (χ3v) is 4.34. The minimum Gasteiger partial charge on any atom is -0.383 e. The summed E-state index contributed by atoms with van der Waals surface area (Å²) in [5.74, 6) is 0. The second kappa shape index (κ2) is 6.35. The Morgan fingerprint density at radius 1 is 1.58 bits per heavy atom. The molecule has 0 saturated heterocycles. The van der Waals surface area contributed by atoms with Crippen LogP contribution < -0.4 is 0 Å². The van der Waals surface area contributed by atoms with Crippen molar-refractivity contribution in [3.63, 3.8) is 0 Å². The Labute approximate surface area is 122 Å². The fourth-order valence-electron chi connectivity index (χ4n) is 2.79. The van der Waals surface area contributed by atoms with Crippen molar-refractivity contribution in [2.45, 2.75) is 43.9 Å². The minimum atomic E-state index is -0.873. The van der Waals surface area contributed by atoms with Gasteiger partial charge in [0.1, 0.15) is 5.60 Å². The Morgan fingerprint density at radius 2 is 2.37 bits per heavy atom. The number of aliphatic hydroxyl groups is 1. The first-order valence-electron chi connectivity index (χ1n) is 6.56. The lowest BCUT2D eigenvalue weighted by Gasteiger charge is -2.36. The lowest BCUT2D eigenvalue weighted by atomic mass is 9.80. The van der Waals surface area contributed by atoms with Gasteiger partial charge in [-0.15, -0.1) is 0 Å². The van der Waals surface area contributed by atoms with E-state index < -0.39 is 5.60 Å². The summed E-state index contributed by atoms with van der Waals surface area (Å²) in [5, 5.41) is 15.3. The van der Waals surface area contributed by atoms with Crippen molar-refractivity contribution in [2.24, 2.45) is 0 Å². The van der Waals surface area contributed by atoms with Gasteiger partial charge in [-0.1, -0.05) is 0 Å². The molecule has 1 fully saturated rings. The molecule has 1 aromatic heterocycles. The number of nitrogens with zero attached hydrogens (tertiary/aromatic N) is 2. The van der Waals surface area contributed by atoms with Crippen LogP contribution >= 0.6 is 15.9 Å². The Balaban J connectivity index is 2.25. The Bertz CT molecular complexity index is 424. The highest BCUT2D eigenvalue weighted by Gasteiger charge is 2.40. The predicted molar refractivity (Wildman–Crippen MR) is 75.0 cm³/mol. The van der Waals surface area contributed by atoms with E-state index in [0.29, 0.717) is 19.6 Å². The maximum atomic E-state index is 11.0. The van der Waals surface area contributed by atoms with Gasteiger partial charge in [0.25, 0.3) is 0 Å². The molecule has 0 aliphatic heterocycles. The fourth-order valence-corrected chi connectivity index (χ4v) is 3.46. The third-order valence-electron chi connectivity index (χ3n) is 3.76. The van der Waals surface area contributed by atoms with Gasteiger partial charge in [-0.3, -0.25) is 4.68 Å². The summed E-state index contributed by atoms with van der Waals surface area (Å²) in [6.45, 7) is 1.21. The van der Waals surface area contributed by atoms with Crippen molar-refractivity contribution in [1.82, 2.24) is 9.78 Å². The third kappa shape index (κ3) is 3.18. The standard InChI is InChI=1S/C13H21BrN2O3/c1-18-7-6-16-12(11(14)9-15-16)13(17)5-3-4-10(8-13)19-2/h9-10,17H,3-8H2,1-2H3. The molecule has 2 atom stereocenters. The molecule has 1 aliphatic carbocycles. The summed E-state index contributed by atoms with van der Waals surface area (Å²) in [7, 11) is 3.36. The summed E-state index contributed by atoms with van der Waals surface area (Å²) >= 11 is 3.50. The Kier molecular flexibility index (Phi) is 5.00. The van der Waals surface area contributed by atoms with Gasteiger partial charge in [0.05, 0.1) is 35.6 Å². The molecule has 108 valence electrons. The van der Waals surface area contributed by atoms with Crippen molar-refractivity contribution in [1.29, 1.82) is 0 Å². The van der Waals surface area contributed by atoms with E-state index in [4.69, 9.17) is 9.47 Å². The molecule has 0 spiro atoms. The maximum Gasteiger partial charge on any atom is 0.110 e. The first-order chi connectivity index (χ1) is 9.10. The largest absolute Gasteiger partial charge is 0.383 e. The van der Waals surface area contributed by atoms with E-state index in [0.717, 1.165) is 29.4 Å². The molecule has 1 aromatic rings. The van der Waals surface area contributed by atoms with Crippen LogP contribution in [0, 0.1) is 0 Å². The zero-order chi connectivity index (χ0) is 13.9. The van der Waals surface area contributed by atoms with Crippen LogP contribution in [0.25, 0.3) is 0 Å². The van der Waals surface area contributed by atoms with E-state index in [9.17, 15) is 5.11 Å². The molecule has 0 amide bonds. The van der Waals surface area contributed by atoms with E-state index in [2.05, 4.69) is 21.0 Å². The van der Waals surface area contributed by atoms with Gasteiger partial charge in [-0.2, -0.15) is 5.10 Å². The Morgan fingerprint density at radius 3 is 3.05 bits per heavy atom. The monoisotopic (exact) mass is 332 g/mol. The van der Waals surface area contributed by atoms with Gasteiger partial charge < -0.3 is 14.6 Å². The second-order valence-electron chi connectivity index (χ2n) is 5.04. The van der Waals surface area contributed by atoms with Crippen LogP contribution in [0.5, 0.6) is 0 Å². The van der Waals surface area contributed by atoms with Gasteiger partial charge in [-0.05, 0) is 35.2 Å². The van der Waals surface area contributed by atoms with Gasteiger partial charge in [0, 0.05) is 20.6 Å². The van der Waals surface area contributed by atoms with Crippen molar-refractivity contribution >= 4 is 15.9 Å². The van der Waals surface area contributed by atoms with E-state index in [-0.39, 0.29) is 6.10 Å². The first kappa shape index (κ1) is 15.0. The SMILES string of the molecule is COCCn1ncc(Br)c1C1(O)CCCC(OC)C1. The van der Waals surface area contributed by atoms with Gasteiger partial charge in [0.2, 0.25) is 0 Å². The minimum absolute atomic E-state index is 0.108. The van der Waals surface area contributed by atoms with E-state index in [1.54, 1.807) is 20.4 Å². The summed E-state index contributed by atoms with van der Waals surface area (Å²) in [4.78, 5) is 0. The second-order valence-corrected chi connectivity index (χ2v) is 5.90. The number of aromatic nitrogens is 2. The maximum absolute atomic E-state index is 11.0. The number of hydrogen-bond donors (Lipinski definition) is 1. The molecular weight excluding hydrogens is 312 g/mol. The highest BCUT2D eigenvalue weighted by molar-refractivity contribution is 9.10. The van der Waals surface area contributed by atoms with Crippen LogP contribution in [-0.4, -0.2) is 41.8 Å². The first-order valence-corrected chi connectivity index (χ1v) is 7.36. The molecule has 1 saturated carbocycles. The molecule has 0 bridgehead atoms. The lowest BCUT2D eigenvalue weighted by Crippen LogP contribution is -2.38. The predicted octanol–water partition coefficient (Wildman–Crippen LogP) is 2.07. The molecular formula is C13H21BrN2O3. The summed E-state index contributed by atoms with van der Waals surface area (Å²) in [6.07, 6.45) is 5.15. The average molecular weight is 333 g/mol. The molecule has 6 heteroatoms. The topological polar surface area (TPSA) is 56.5 Å². The summed E-state index contributed by atoms with van der Waals surface area (Å²) in [5.41, 5.74) is -0.0338. The molecule has 0 aromatic carbocycles. The van der Waals surface area contributed by atoms with Crippen LogP contribution in [0.3, 0.4) is 0 Å². The molecule has 19 heavy (non-hydrogen) atoms. The number of ether oxygens (including phenoxy) is 2. The summed E-state index contributed by atoms with van der Waals surface area (Å²) < 4.78 is 13.2. The zero-order valence-electron chi connectivity index (χ0n) is 11.4. The molecule has 1 N–H and O–H groups in total. The average Bonchev–Trinajstić information content (AvgIpc) is 2.78. The Hall–Kier alpha value is -0.430. The quantitative estimate of drug-likeness (QED) is 0.896. The fraction of sp³-hybridized carbons (Fsp3) is 0.769. The van der Waals surface area contributed by atoms with E-state index in [1.807, 2.05) is 4.68 Å². The smallest absolute Gasteiger partial charge is 0.110 e. The number of rotatable bonds is 5. The molecule has 2 unspecified atom stereocenters. The van der Waals surface area contributed by atoms with Crippen LogP contribution in [0.15, 0.2) is 10.7 Å². The molecule has 5 nitrogen and oxygen atoms in total. The van der Waals surface area contributed by atoms with Crippen molar-refractivity contribution in [3.8, 4) is 0 Å². The normalized spacial score (nSPS) is 27.7. The summed E-state index contributed by atoms with van der Waals surface area (Å²) in [6, 6.07) is 0. The molecule has 1 heterocycles. The van der Waals surface area contributed by atoms with Crippen molar-refractivity contribution in [3.05, 3.63) is 16.4 Å². The highest BCUT2D eigenvalue weighted by atomic mass is 79.9. The molecule has 0 radical (unpaired) electrons. The van der Waals surface area contributed by atoms with Crippen LogP contribution in [0.2, 0.25) is 0 Å². The number of halogens is 1. The van der Waals surface area contributed by atoms with E-state index in [1.165, 1.54) is 0 Å². The lowest BCUT2D eigenvalue weighted by molar-refractivity contribution is -0.0689. The molecule has 2 rings (SSSR count). The van der Waals surface area contributed by atoms with Crippen molar-refractivity contribution in [2.75, 3.05) is 20.8 Å². The van der Waals surface area contributed by atoms with Gasteiger partial charge in [0.15, 0.2) is 0 Å². The van der Waals surface area contributed by atoms with E-state index >= 15 is 0 Å². The van der Waals surface area contributed by atoms with Crippen LogP contribution in [-0.2, 0) is 21.6 Å². The van der Waals surface area contributed by atoms with Crippen molar-refractivity contribution < 1.29 is 14.6 Å². The molecule has 1 aliphatic rings.